The maximum atomic E-state index is 13.6. The SMILES string of the molecule is Cc1cncc2cccc(S(=O)(=O)N3C[C@H]4CCCN(C(=O)OC(C)(C)C)[C@H]4C3)c12. The highest BCUT2D eigenvalue weighted by molar-refractivity contribution is 7.89. The number of piperidine rings is 1. The molecule has 2 fully saturated rings. The number of fused-ring (bicyclic) bond motifs is 2. The lowest BCUT2D eigenvalue weighted by molar-refractivity contribution is 0.00643. The van der Waals surface area contributed by atoms with Crippen LogP contribution in [0.25, 0.3) is 10.8 Å². The van der Waals surface area contributed by atoms with Gasteiger partial charge >= 0.3 is 6.09 Å². The molecule has 2 aliphatic rings. The second kappa shape index (κ2) is 7.50. The molecule has 1 aromatic carbocycles. The van der Waals surface area contributed by atoms with E-state index in [2.05, 4.69) is 4.98 Å². The number of pyridine rings is 1. The minimum atomic E-state index is -3.70. The number of likely N-dealkylation sites (tertiary alicyclic amines) is 1. The van der Waals surface area contributed by atoms with Crippen LogP contribution in [-0.4, -0.2) is 60.0 Å². The number of sulfonamides is 1. The van der Waals surface area contributed by atoms with Crippen LogP contribution < -0.4 is 0 Å². The molecule has 4 rings (SSSR count). The first-order valence-electron chi connectivity index (χ1n) is 10.4. The van der Waals surface area contributed by atoms with Gasteiger partial charge in [-0.1, -0.05) is 12.1 Å². The van der Waals surface area contributed by atoms with E-state index in [0.717, 1.165) is 23.8 Å². The fourth-order valence-electron chi connectivity index (χ4n) is 4.61. The summed E-state index contributed by atoms with van der Waals surface area (Å²) in [5.74, 6) is 0.124. The van der Waals surface area contributed by atoms with Gasteiger partial charge in [0.15, 0.2) is 0 Å². The maximum absolute atomic E-state index is 13.6. The Morgan fingerprint density at radius 1 is 1.20 bits per heavy atom. The zero-order valence-electron chi connectivity index (χ0n) is 18.0. The molecule has 2 atom stereocenters. The Kier molecular flexibility index (Phi) is 5.26. The highest BCUT2D eigenvalue weighted by Crippen LogP contribution is 2.36. The summed E-state index contributed by atoms with van der Waals surface area (Å²) in [6.07, 6.45) is 4.79. The topological polar surface area (TPSA) is 79.8 Å². The van der Waals surface area contributed by atoms with E-state index in [1.807, 2.05) is 33.8 Å². The Morgan fingerprint density at radius 2 is 1.97 bits per heavy atom. The van der Waals surface area contributed by atoms with Crippen molar-refractivity contribution in [3.05, 3.63) is 36.2 Å². The van der Waals surface area contributed by atoms with Gasteiger partial charge in [-0.3, -0.25) is 4.98 Å². The van der Waals surface area contributed by atoms with Gasteiger partial charge in [-0.2, -0.15) is 4.31 Å². The molecule has 3 heterocycles. The smallest absolute Gasteiger partial charge is 0.410 e. The predicted molar refractivity (Wildman–Crippen MR) is 115 cm³/mol. The van der Waals surface area contributed by atoms with E-state index in [9.17, 15) is 13.2 Å². The largest absolute Gasteiger partial charge is 0.444 e. The van der Waals surface area contributed by atoms with Crippen molar-refractivity contribution in [3.63, 3.8) is 0 Å². The van der Waals surface area contributed by atoms with Crippen molar-refractivity contribution < 1.29 is 17.9 Å². The molecule has 0 unspecified atom stereocenters. The number of hydrogen-bond acceptors (Lipinski definition) is 5. The first-order chi connectivity index (χ1) is 14.1. The van der Waals surface area contributed by atoms with Crippen molar-refractivity contribution in [2.24, 2.45) is 5.92 Å². The highest BCUT2D eigenvalue weighted by atomic mass is 32.2. The van der Waals surface area contributed by atoms with Crippen LogP contribution in [0.5, 0.6) is 0 Å². The summed E-state index contributed by atoms with van der Waals surface area (Å²) in [5, 5.41) is 1.52. The van der Waals surface area contributed by atoms with Crippen LogP contribution in [0.15, 0.2) is 35.5 Å². The van der Waals surface area contributed by atoms with Gasteiger partial charge in [-0.05, 0) is 58.1 Å². The summed E-state index contributed by atoms with van der Waals surface area (Å²) in [6, 6.07) is 5.15. The molecule has 2 saturated heterocycles. The Morgan fingerprint density at radius 3 is 2.70 bits per heavy atom. The number of benzene rings is 1. The van der Waals surface area contributed by atoms with Crippen molar-refractivity contribution in [2.75, 3.05) is 19.6 Å². The predicted octanol–water partition coefficient (Wildman–Crippen LogP) is 3.56. The average Bonchev–Trinajstić information content (AvgIpc) is 3.11. The minimum absolute atomic E-state index is 0.124. The molecule has 0 N–H and O–H groups in total. The van der Waals surface area contributed by atoms with E-state index in [1.54, 1.807) is 33.7 Å². The van der Waals surface area contributed by atoms with Crippen molar-refractivity contribution >= 4 is 26.9 Å². The zero-order valence-corrected chi connectivity index (χ0v) is 18.8. The first-order valence-corrected chi connectivity index (χ1v) is 11.8. The second-order valence-corrected chi connectivity index (χ2v) is 11.2. The molecule has 162 valence electrons. The summed E-state index contributed by atoms with van der Waals surface area (Å²) in [4.78, 5) is 19.0. The highest BCUT2D eigenvalue weighted by Gasteiger charge is 2.46. The maximum Gasteiger partial charge on any atom is 0.410 e. The molecule has 30 heavy (non-hydrogen) atoms. The van der Waals surface area contributed by atoms with Gasteiger partial charge in [-0.25, -0.2) is 13.2 Å². The molecule has 7 nitrogen and oxygen atoms in total. The summed E-state index contributed by atoms with van der Waals surface area (Å²) in [6.45, 7) is 8.73. The van der Waals surface area contributed by atoms with E-state index >= 15 is 0 Å². The fraction of sp³-hybridized carbons (Fsp3) is 0.545. The van der Waals surface area contributed by atoms with E-state index in [4.69, 9.17) is 4.74 Å². The van der Waals surface area contributed by atoms with E-state index < -0.39 is 15.6 Å². The van der Waals surface area contributed by atoms with Gasteiger partial charge in [0.1, 0.15) is 5.60 Å². The molecule has 2 aromatic rings. The quantitative estimate of drug-likeness (QED) is 0.726. The third kappa shape index (κ3) is 3.78. The molecule has 0 spiro atoms. The number of carbonyl (C=O) groups is 1. The minimum Gasteiger partial charge on any atom is -0.444 e. The molecule has 8 heteroatoms. The number of aryl methyl sites for hydroxylation is 1. The molecule has 0 aliphatic carbocycles. The van der Waals surface area contributed by atoms with Crippen molar-refractivity contribution in [1.29, 1.82) is 0 Å². The number of carbonyl (C=O) groups excluding carboxylic acids is 1. The van der Waals surface area contributed by atoms with Crippen LogP contribution in [-0.2, 0) is 14.8 Å². The van der Waals surface area contributed by atoms with Gasteiger partial charge in [-0.15, -0.1) is 0 Å². The molecule has 1 aromatic heterocycles. The molecular formula is C22H29N3O4S. The zero-order chi connectivity index (χ0) is 21.7. The molecule has 0 radical (unpaired) electrons. The Bertz CT molecular complexity index is 1070. The van der Waals surface area contributed by atoms with Gasteiger partial charge in [0.05, 0.1) is 10.9 Å². The second-order valence-electron chi connectivity index (χ2n) is 9.28. The monoisotopic (exact) mass is 431 g/mol. The van der Waals surface area contributed by atoms with E-state index in [-0.39, 0.29) is 18.1 Å². The van der Waals surface area contributed by atoms with Crippen LogP contribution in [0.3, 0.4) is 0 Å². The summed E-state index contributed by atoms with van der Waals surface area (Å²) in [5.41, 5.74) is 0.252. The van der Waals surface area contributed by atoms with E-state index in [1.165, 1.54) is 0 Å². The Hall–Kier alpha value is -2.19. The number of ether oxygens (including phenoxy) is 1. The molecule has 0 saturated carbocycles. The number of nitrogens with zero attached hydrogens (tertiary/aromatic N) is 3. The molecular weight excluding hydrogens is 402 g/mol. The number of aromatic nitrogens is 1. The lowest BCUT2D eigenvalue weighted by Crippen LogP contribution is -2.50. The van der Waals surface area contributed by atoms with E-state index in [0.29, 0.717) is 29.9 Å². The van der Waals surface area contributed by atoms with Crippen LogP contribution in [0.2, 0.25) is 0 Å². The van der Waals surface area contributed by atoms with Crippen LogP contribution in [0.4, 0.5) is 4.79 Å². The normalized spacial score (nSPS) is 22.9. The fourth-order valence-corrected chi connectivity index (χ4v) is 6.41. The Labute approximate surface area is 178 Å². The summed E-state index contributed by atoms with van der Waals surface area (Å²) >= 11 is 0. The van der Waals surface area contributed by atoms with Gasteiger partial charge in [0, 0.05) is 42.8 Å². The van der Waals surface area contributed by atoms with Crippen molar-refractivity contribution in [3.8, 4) is 0 Å². The third-order valence-electron chi connectivity index (χ3n) is 5.93. The lowest BCUT2D eigenvalue weighted by Gasteiger charge is -2.37. The van der Waals surface area contributed by atoms with Crippen LogP contribution in [0.1, 0.15) is 39.2 Å². The van der Waals surface area contributed by atoms with Gasteiger partial charge in [0.25, 0.3) is 0 Å². The first kappa shape index (κ1) is 21.1. The van der Waals surface area contributed by atoms with Crippen molar-refractivity contribution in [2.45, 2.75) is 57.1 Å². The lowest BCUT2D eigenvalue weighted by atomic mass is 9.92. The van der Waals surface area contributed by atoms with Gasteiger partial charge in [0.2, 0.25) is 10.0 Å². The molecule has 0 bridgehead atoms. The number of hydrogen-bond donors (Lipinski definition) is 0. The molecule has 2 aliphatic heterocycles. The summed E-state index contributed by atoms with van der Waals surface area (Å²) < 4.78 is 34.4. The number of amides is 1. The van der Waals surface area contributed by atoms with Crippen LogP contribution >= 0.6 is 0 Å². The standard InChI is InChI=1S/C22H29N3O4S/c1-15-11-23-12-16-7-5-9-19(20(15)16)30(27,28)24-13-17-8-6-10-25(18(17)14-24)21(26)29-22(2,3)4/h5,7,9,11-12,17-18H,6,8,10,13-14H2,1-4H3/t17-,18+/m1/s1. The van der Waals surface area contributed by atoms with Crippen molar-refractivity contribution in [1.82, 2.24) is 14.2 Å². The van der Waals surface area contributed by atoms with Gasteiger partial charge < -0.3 is 9.64 Å². The van der Waals surface area contributed by atoms with Crippen LogP contribution in [0, 0.1) is 12.8 Å². The number of rotatable bonds is 2. The third-order valence-corrected chi connectivity index (χ3v) is 7.80. The molecule has 1 amide bonds. The average molecular weight is 432 g/mol. The summed E-state index contributed by atoms with van der Waals surface area (Å²) in [7, 11) is -3.70. The Balaban J connectivity index is 1.64.